The summed E-state index contributed by atoms with van der Waals surface area (Å²) < 4.78 is 21.3. The highest BCUT2D eigenvalue weighted by atomic mass is 79.9. The minimum atomic E-state index is -1.28. The smallest absolute Gasteiger partial charge is 0.309 e. The maximum Gasteiger partial charge on any atom is 0.309 e. The molecule has 0 unspecified atom stereocenters. The van der Waals surface area contributed by atoms with Crippen molar-refractivity contribution in [1.82, 2.24) is 19.6 Å². The summed E-state index contributed by atoms with van der Waals surface area (Å²) in [4.78, 5) is 25.3. The number of carbonyl (C=O) groups is 1. The van der Waals surface area contributed by atoms with E-state index in [4.69, 9.17) is 29.3 Å². The highest BCUT2D eigenvalue weighted by Gasteiger charge is 2.34. The van der Waals surface area contributed by atoms with Crippen LogP contribution in [0.15, 0.2) is 59.3 Å². The van der Waals surface area contributed by atoms with Crippen molar-refractivity contribution in [3.63, 3.8) is 0 Å². The Morgan fingerprint density at radius 3 is 2.02 bits per heavy atom. The molecule has 0 atom stereocenters. The summed E-state index contributed by atoms with van der Waals surface area (Å²) in [6.45, 7) is 22.1. The van der Waals surface area contributed by atoms with E-state index in [1.807, 2.05) is 55.9 Å². The molecule has 0 amide bonds. The summed E-state index contributed by atoms with van der Waals surface area (Å²) in [7, 11) is -2.56. The zero-order valence-electron chi connectivity index (χ0n) is 32.7. The molecule has 0 N–H and O–H groups in total. The fourth-order valence-electron chi connectivity index (χ4n) is 6.31. The van der Waals surface area contributed by atoms with Crippen LogP contribution in [0, 0.1) is 5.92 Å². The number of benzene rings is 1. The molecule has 1 aliphatic rings. The van der Waals surface area contributed by atoms with Crippen LogP contribution in [0.5, 0.6) is 0 Å². The van der Waals surface area contributed by atoms with Gasteiger partial charge in [0.05, 0.1) is 28.0 Å². The zero-order chi connectivity index (χ0) is 37.7. The molecule has 0 spiro atoms. The summed E-state index contributed by atoms with van der Waals surface area (Å²) in [5.74, 6) is 0.806. The third kappa shape index (κ3) is 11.1. The van der Waals surface area contributed by atoms with Crippen molar-refractivity contribution >= 4 is 49.5 Å². The molecule has 3 heterocycles. The molecule has 9 nitrogen and oxygen atoms in total. The predicted octanol–water partition coefficient (Wildman–Crippen LogP) is 10.3. The first-order valence-corrected chi connectivity index (χ1v) is 26.9. The van der Waals surface area contributed by atoms with E-state index in [9.17, 15) is 4.79 Å². The second-order valence-corrected chi connectivity index (χ2v) is 29.6. The fourth-order valence-corrected chi connectivity index (χ4v) is 8.65. The Bertz CT molecular complexity index is 1750. The van der Waals surface area contributed by atoms with Gasteiger partial charge in [-0.15, -0.1) is 0 Å². The van der Waals surface area contributed by atoms with E-state index in [2.05, 4.69) is 84.4 Å². The van der Waals surface area contributed by atoms with Crippen LogP contribution in [0.25, 0.3) is 28.0 Å². The number of hydrogen-bond donors (Lipinski definition) is 0. The van der Waals surface area contributed by atoms with Crippen molar-refractivity contribution in [2.24, 2.45) is 5.92 Å². The highest BCUT2D eigenvalue weighted by Crippen LogP contribution is 2.43. The molecular weight excluding hydrogens is 751 g/mol. The van der Waals surface area contributed by atoms with Gasteiger partial charge in [0, 0.05) is 58.2 Å². The minimum absolute atomic E-state index is 0.101. The molecule has 52 heavy (non-hydrogen) atoms. The van der Waals surface area contributed by atoms with E-state index >= 15 is 0 Å². The summed E-state index contributed by atoms with van der Waals surface area (Å²) in [5, 5.41) is 4.94. The molecule has 282 valence electrons. The van der Waals surface area contributed by atoms with Gasteiger partial charge < -0.3 is 19.1 Å². The van der Waals surface area contributed by atoms with Gasteiger partial charge >= 0.3 is 5.97 Å². The summed E-state index contributed by atoms with van der Waals surface area (Å²) in [5.41, 5.74) is 5.06. The second kappa shape index (κ2) is 17.1. The summed E-state index contributed by atoms with van der Waals surface area (Å²) in [6.07, 6.45) is 6.98. The number of anilines is 1. The van der Waals surface area contributed by atoms with Crippen LogP contribution in [0.4, 0.5) is 5.82 Å². The Morgan fingerprint density at radius 2 is 1.48 bits per heavy atom. The monoisotopic (exact) mass is 807 g/mol. The third-order valence-electron chi connectivity index (χ3n) is 9.38. The molecule has 0 aliphatic heterocycles. The van der Waals surface area contributed by atoms with Crippen molar-refractivity contribution in [3.05, 3.63) is 65.0 Å². The van der Waals surface area contributed by atoms with Gasteiger partial charge in [-0.05, 0) is 80.5 Å². The van der Waals surface area contributed by atoms with Gasteiger partial charge in [0.2, 0.25) is 0 Å². The van der Waals surface area contributed by atoms with Crippen LogP contribution in [-0.2, 0) is 19.0 Å². The predicted molar refractivity (Wildman–Crippen MR) is 220 cm³/mol. The average molecular weight is 809 g/mol. The van der Waals surface area contributed by atoms with Gasteiger partial charge in [-0.25, -0.2) is 4.98 Å². The standard InChI is InChI=1S/C40H58BrN5O4Si2/c1-40(2,3)50-39(47)31-17-15-30(16-18-31)36-35(41)38(45(27-48-21-23-51(4,5)6)28-49-22-24-52(7,8)9)46-37(44-36)33(26-43-46)32-19-20-34(42-25-32)29-13-11-10-12-14-29/h10-14,19-20,25-26,30-31H,15-18,21-24,27-28H2,1-9H3. The molecule has 5 rings (SSSR count). The van der Waals surface area contributed by atoms with Crippen molar-refractivity contribution in [2.75, 3.05) is 31.6 Å². The van der Waals surface area contributed by atoms with Crippen LogP contribution in [-0.4, -0.2) is 74.0 Å². The Balaban J connectivity index is 1.53. The maximum atomic E-state index is 13.0. The van der Waals surface area contributed by atoms with Gasteiger partial charge in [0.1, 0.15) is 19.1 Å². The van der Waals surface area contributed by atoms with Crippen LogP contribution in [0.2, 0.25) is 51.4 Å². The molecule has 1 fully saturated rings. The third-order valence-corrected chi connectivity index (χ3v) is 13.5. The molecule has 1 saturated carbocycles. The largest absolute Gasteiger partial charge is 0.460 e. The Labute approximate surface area is 321 Å². The number of halogens is 1. The van der Waals surface area contributed by atoms with Crippen molar-refractivity contribution in [1.29, 1.82) is 0 Å². The summed E-state index contributed by atoms with van der Waals surface area (Å²) >= 11 is 4.04. The Morgan fingerprint density at radius 1 is 0.865 bits per heavy atom. The van der Waals surface area contributed by atoms with Crippen molar-refractivity contribution in [2.45, 2.75) is 109 Å². The number of rotatable bonds is 15. The Hall–Kier alpha value is -2.91. The first-order chi connectivity index (χ1) is 24.5. The number of pyridine rings is 1. The van der Waals surface area contributed by atoms with Gasteiger partial charge in [0.15, 0.2) is 11.5 Å². The number of carbonyl (C=O) groups excluding carboxylic acids is 1. The van der Waals surface area contributed by atoms with E-state index in [1.165, 1.54) is 0 Å². The van der Waals surface area contributed by atoms with Crippen LogP contribution < -0.4 is 4.90 Å². The molecule has 1 aromatic carbocycles. The molecule has 0 radical (unpaired) electrons. The number of hydrogen-bond acceptors (Lipinski definition) is 8. The maximum absolute atomic E-state index is 13.0. The average Bonchev–Trinajstić information content (AvgIpc) is 3.50. The number of ether oxygens (including phenoxy) is 3. The topological polar surface area (TPSA) is 91.1 Å². The fraction of sp³-hybridized carbons (Fsp3) is 0.550. The molecule has 0 saturated heterocycles. The van der Waals surface area contributed by atoms with E-state index in [0.717, 1.165) is 81.8 Å². The molecule has 3 aromatic heterocycles. The Kier molecular flexibility index (Phi) is 13.2. The van der Waals surface area contributed by atoms with Gasteiger partial charge in [-0.3, -0.25) is 9.78 Å². The zero-order valence-corrected chi connectivity index (χ0v) is 36.3. The lowest BCUT2D eigenvalue weighted by molar-refractivity contribution is -0.161. The first kappa shape index (κ1) is 40.3. The van der Waals surface area contributed by atoms with Gasteiger partial charge in [0.25, 0.3) is 0 Å². The van der Waals surface area contributed by atoms with Crippen LogP contribution in [0.1, 0.15) is 58.1 Å². The molecular formula is C40H58BrN5O4Si2. The highest BCUT2D eigenvalue weighted by molar-refractivity contribution is 9.10. The van der Waals surface area contributed by atoms with Crippen LogP contribution >= 0.6 is 15.9 Å². The minimum Gasteiger partial charge on any atom is -0.460 e. The number of nitrogens with zero attached hydrogens (tertiary/aromatic N) is 5. The number of aromatic nitrogens is 4. The van der Waals surface area contributed by atoms with Gasteiger partial charge in [-0.1, -0.05) is 75.7 Å². The molecule has 12 heteroatoms. The second-order valence-electron chi connectivity index (χ2n) is 17.5. The molecule has 4 aromatic rings. The van der Waals surface area contributed by atoms with Gasteiger partial charge in [-0.2, -0.15) is 9.61 Å². The number of fused-ring (bicyclic) bond motifs is 1. The van der Waals surface area contributed by atoms with Crippen molar-refractivity contribution < 1.29 is 19.0 Å². The van der Waals surface area contributed by atoms with E-state index in [-0.39, 0.29) is 17.8 Å². The first-order valence-electron chi connectivity index (χ1n) is 18.7. The van der Waals surface area contributed by atoms with Crippen LogP contribution in [0.3, 0.4) is 0 Å². The molecule has 1 aliphatic carbocycles. The van der Waals surface area contributed by atoms with E-state index in [0.29, 0.717) is 26.7 Å². The SMILES string of the molecule is CC(C)(C)OC(=O)C1CCC(c2nc3c(-c4ccc(-c5ccccc5)nc4)cnn3c(N(COCC[Si](C)(C)C)COCC[Si](C)(C)C)c2Br)CC1. The lowest BCUT2D eigenvalue weighted by Gasteiger charge is -2.32. The summed E-state index contributed by atoms with van der Waals surface area (Å²) in [6, 6.07) is 16.5. The van der Waals surface area contributed by atoms with E-state index < -0.39 is 21.7 Å². The normalized spacial score (nSPS) is 17.0. The molecule has 0 bridgehead atoms. The lowest BCUT2D eigenvalue weighted by Crippen LogP contribution is -2.34. The quantitative estimate of drug-likeness (QED) is 0.0508. The van der Waals surface area contributed by atoms with E-state index in [1.54, 1.807) is 0 Å². The number of esters is 1. The lowest BCUT2D eigenvalue weighted by atomic mass is 9.80. The van der Waals surface area contributed by atoms with Crippen molar-refractivity contribution in [3.8, 4) is 22.4 Å².